The molecule has 0 aliphatic carbocycles. The van der Waals surface area contributed by atoms with Gasteiger partial charge in [0.25, 0.3) is 0 Å². The zero-order chi connectivity index (χ0) is 34.4. The molecule has 1 heterocycles. The summed E-state index contributed by atoms with van der Waals surface area (Å²) in [6.45, 7) is 0. The highest BCUT2D eigenvalue weighted by atomic mass is 14.9. The SMILES string of the molecule is c1ccc(-c2cc(-c3ccc(-c4ccc5ccccc5c4)cc3)nc(-c3ccc(-c4c5ccccc5cc5c4ccc4ccccc45)cc3)n2)cc1. The van der Waals surface area contributed by atoms with E-state index >= 15 is 0 Å². The van der Waals surface area contributed by atoms with E-state index in [1.54, 1.807) is 0 Å². The van der Waals surface area contributed by atoms with E-state index in [0.29, 0.717) is 5.82 Å². The van der Waals surface area contributed by atoms with Gasteiger partial charge in [-0.1, -0.05) is 176 Å². The maximum atomic E-state index is 5.17. The predicted molar refractivity (Wildman–Crippen MR) is 219 cm³/mol. The van der Waals surface area contributed by atoms with Gasteiger partial charge in [0.15, 0.2) is 5.82 Å². The maximum absolute atomic E-state index is 5.17. The quantitative estimate of drug-likeness (QED) is 0.136. The maximum Gasteiger partial charge on any atom is 0.160 e. The molecule has 0 saturated heterocycles. The van der Waals surface area contributed by atoms with Crippen LogP contribution in [0.25, 0.3) is 99.2 Å². The van der Waals surface area contributed by atoms with Crippen LogP contribution in [0.3, 0.4) is 0 Å². The molecule has 52 heavy (non-hydrogen) atoms. The van der Waals surface area contributed by atoms with Gasteiger partial charge < -0.3 is 0 Å². The van der Waals surface area contributed by atoms with Crippen molar-refractivity contribution in [3.8, 4) is 56.2 Å². The predicted octanol–water partition coefficient (Wildman–Crippen LogP) is 13.4. The van der Waals surface area contributed by atoms with Crippen molar-refractivity contribution in [3.05, 3.63) is 194 Å². The molecule has 0 spiro atoms. The van der Waals surface area contributed by atoms with Crippen molar-refractivity contribution >= 4 is 43.1 Å². The van der Waals surface area contributed by atoms with Gasteiger partial charge in [-0.05, 0) is 83.5 Å². The van der Waals surface area contributed by atoms with E-state index in [1.165, 1.54) is 65.3 Å². The summed E-state index contributed by atoms with van der Waals surface area (Å²) in [6.07, 6.45) is 0. The fourth-order valence-electron chi connectivity index (χ4n) is 7.60. The van der Waals surface area contributed by atoms with Crippen LogP contribution in [0.5, 0.6) is 0 Å². The molecule has 0 aliphatic heterocycles. The summed E-state index contributed by atoms with van der Waals surface area (Å²) in [6, 6.07) is 69.3. The molecule has 2 heteroatoms. The number of nitrogens with zero attached hydrogens (tertiary/aromatic N) is 2. The molecule has 10 aromatic rings. The van der Waals surface area contributed by atoms with Gasteiger partial charge in [-0.25, -0.2) is 9.97 Å². The molecular weight excluding hydrogens is 629 g/mol. The van der Waals surface area contributed by atoms with E-state index in [-0.39, 0.29) is 0 Å². The van der Waals surface area contributed by atoms with Gasteiger partial charge >= 0.3 is 0 Å². The molecule has 1 aromatic heterocycles. The van der Waals surface area contributed by atoms with Crippen LogP contribution < -0.4 is 0 Å². The van der Waals surface area contributed by atoms with Gasteiger partial charge in [-0.15, -0.1) is 0 Å². The summed E-state index contributed by atoms with van der Waals surface area (Å²) in [5.74, 6) is 0.704. The van der Waals surface area contributed by atoms with E-state index < -0.39 is 0 Å². The Balaban J connectivity index is 1.07. The van der Waals surface area contributed by atoms with E-state index in [4.69, 9.17) is 9.97 Å². The zero-order valence-electron chi connectivity index (χ0n) is 28.4. The lowest BCUT2D eigenvalue weighted by molar-refractivity contribution is 1.18. The molecule has 0 aliphatic rings. The van der Waals surface area contributed by atoms with Crippen molar-refractivity contribution in [2.24, 2.45) is 0 Å². The van der Waals surface area contributed by atoms with Gasteiger partial charge in [0, 0.05) is 16.7 Å². The first-order chi connectivity index (χ1) is 25.7. The van der Waals surface area contributed by atoms with E-state index in [1.807, 2.05) is 6.07 Å². The Morgan fingerprint density at radius 3 is 1.56 bits per heavy atom. The van der Waals surface area contributed by atoms with Crippen LogP contribution in [0, 0.1) is 0 Å². The van der Waals surface area contributed by atoms with Crippen LogP contribution in [0.1, 0.15) is 0 Å². The first-order valence-electron chi connectivity index (χ1n) is 17.7. The molecule has 242 valence electrons. The van der Waals surface area contributed by atoms with E-state index in [2.05, 4.69) is 188 Å². The Morgan fingerprint density at radius 1 is 0.250 bits per heavy atom. The molecule has 0 saturated carbocycles. The Bertz CT molecular complexity index is 2930. The van der Waals surface area contributed by atoms with Crippen molar-refractivity contribution < 1.29 is 0 Å². The third kappa shape index (κ3) is 5.30. The number of rotatable bonds is 5. The van der Waals surface area contributed by atoms with E-state index in [9.17, 15) is 0 Å². The van der Waals surface area contributed by atoms with Crippen LogP contribution in [-0.2, 0) is 0 Å². The number of hydrogen-bond acceptors (Lipinski definition) is 2. The van der Waals surface area contributed by atoms with Crippen molar-refractivity contribution in [1.82, 2.24) is 9.97 Å². The standard InChI is InChI=1S/C50H32N2/c1-2-12-36(13-3-1)47-32-48(37-21-18-34(19-22-37)41-27-20-33-10-4-5-14-40(33)30-41)52-50(51-47)39-25-23-38(24-26-39)49-44-17-9-7-15-42(44)31-46-43-16-8-6-11-35(43)28-29-45(46)49/h1-32H. The molecular formula is C50H32N2. The van der Waals surface area contributed by atoms with Crippen LogP contribution >= 0.6 is 0 Å². The van der Waals surface area contributed by atoms with Crippen LogP contribution in [-0.4, -0.2) is 9.97 Å². The lowest BCUT2D eigenvalue weighted by atomic mass is 9.89. The number of hydrogen-bond donors (Lipinski definition) is 0. The molecule has 0 bridgehead atoms. The summed E-state index contributed by atoms with van der Waals surface area (Å²) in [7, 11) is 0. The largest absolute Gasteiger partial charge is 0.228 e. The lowest BCUT2D eigenvalue weighted by Gasteiger charge is -2.15. The number of benzene rings is 9. The average Bonchev–Trinajstić information content (AvgIpc) is 3.23. The van der Waals surface area contributed by atoms with Gasteiger partial charge in [-0.2, -0.15) is 0 Å². The summed E-state index contributed by atoms with van der Waals surface area (Å²) in [4.78, 5) is 10.3. The molecule has 0 radical (unpaired) electrons. The zero-order valence-corrected chi connectivity index (χ0v) is 28.4. The van der Waals surface area contributed by atoms with Crippen molar-refractivity contribution in [2.45, 2.75) is 0 Å². The van der Waals surface area contributed by atoms with E-state index in [0.717, 1.165) is 28.1 Å². The minimum atomic E-state index is 0.704. The molecule has 0 amide bonds. The molecule has 2 nitrogen and oxygen atoms in total. The fraction of sp³-hybridized carbons (Fsp3) is 0. The van der Waals surface area contributed by atoms with Crippen molar-refractivity contribution in [3.63, 3.8) is 0 Å². The highest BCUT2D eigenvalue weighted by Crippen LogP contribution is 2.40. The Kier molecular flexibility index (Phi) is 7.18. The first-order valence-corrected chi connectivity index (χ1v) is 17.7. The second kappa shape index (κ2) is 12.5. The molecule has 0 atom stereocenters. The Morgan fingerprint density at radius 2 is 0.788 bits per heavy atom. The minimum Gasteiger partial charge on any atom is -0.228 e. The van der Waals surface area contributed by atoms with Gasteiger partial charge in [-0.3, -0.25) is 0 Å². The fourth-order valence-corrected chi connectivity index (χ4v) is 7.60. The van der Waals surface area contributed by atoms with Gasteiger partial charge in [0.1, 0.15) is 0 Å². The molecule has 9 aromatic carbocycles. The second-order valence-electron chi connectivity index (χ2n) is 13.4. The van der Waals surface area contributed by atoms with Crippen molar-refractivity contribution in [1.29, 1.82) is 0 Å². The molecule has 0 N–H and O–H groups in total. The van der Waals surface area contributed by atoms with Crippen LogP contribution in [0.4, 0.5) is 0 Å². The normalized spacial score (nSPS) is 11.5. The summed E-state index contributed by atoms with van der Waals surface area (Å²) in [5, 5.41) is 10.0. The monoisotopic (exact) mass is 660 g/mol. The highest BCUT2D eigenvalue weighted by molar-refractivity contribution is 6.20. The summed E-state index contributed by atoms with van der Waals surface area (Å²) < 4.78 is 0. The Hall–Kier alpha value is -6.90. The van der Waals surface area contributed by atoms with Gasteiger partial charge in [0.05, 0.1) is 11.4 Å². The lowest BCUT2D eigenvalue weighted by Crippen LogP contribution is -1.96. The number of aromatic nitrogens is 2. The number of fused-ring (bicyclic) bond motifs is 5. The average molecular weight is 661 g/mol. The first kappa shape index (κ1) is 30.0. The summed E-state index contributed by atoms with van der Waals surface area (Å²) >= 11 is 0. The third-order valence-electron chi connectivity index (χ3n) is 10.3. The molecule has 0 unspecified atom stereocenters. The summed E-state index contributed by atoms with van der Waals surface area (Å²) in [5.41, 5.74) is 9.68. The second-order valence-corrected chi connectivity index (χ2v) is 13.4. The van der Waals surface area contributed by atoms with Crippen LogP contribution in [0.2, 0.25) is 0 Å². The minimum absolute atomic E-state index is 0.704. The Labute approximate surface area is 302 Å². The molecule has 10 rings (SSSR count). The van der Waals surface area contributed by atoms with Gasteiger partial charge in [0.2, 0.25) is 0 Å². The third-order valence-corrected chi connectivity index (χ3v) is 10.3. The topological polar surface area (TPSA) is 25.8 Å². The smallest absolute Gasteiger partial charge is 0.160 e. The van der Waals surface area contributed by atoms with Crippen molar-refractivity contribution in [2.75, 3.05) is 0 Å². The van der Waals surface area contributed by atoms with Crippen LogP contribution in [0.15, 0.2) is 194 Å². The highest BCUT2D eigenvalue weighted by Gasteiger charge is 2.15. The molecule has 0 fully saturated rings.